The fourth-order valence-electron chi connectivity index (χ4n) is 3.67. The van der Waals surface area contributed by atoms with Crippen molar-refractivity contribution in [2.45, 2.75) is 16.8 Å². The van der Waals surface area contributed by atoms with Crippen LogP contribution in [0.3, 0.4) is 0 Å². The molecular weight excluding hydrogens is 487 g/mol. The molecular formula is C23H16F3N3O3S2. The van der Waals surface area contributed by atoms with Gasteiger partial charge in [-0.15, -0.1) is 11.3 Å². The fraction of sp³-hybridized carbons (Fsp3) is 0.130. The molecule has 5 rings (SSSR count). The third-order valence-electron chi connectivity index (χ3n) is 5.29. The molecule has 0 atom stereocenters. The molecule has 0 unspecified atom stereocenters. The summed E-state index contributed by atoms with van der Waals surface area (Å²) >= 11 is 1.07. The molecule has 0 fully saturated rings. The van der Waals surface area contributed by atoms with E-state index in [1.54, 1.807) is 36.4 Å². The van der Waals surface area contributed by atoms with E-state index in [1.165, 1.54) is 24.5 Å². The van der Waals surface area contributed by atoms with Crippen LogP contribution in [0.25, 0.3) is 10.6 Å². The van der Waals surface area contributed by atoms with Gasteiger partial charge in [-0.25, -0.2) is 8.42 Å². The Labute approximate surface area is 196 Å². The van der Waals surface area contributed by atoms with Crippen LogP contribution in [0.15, 0.2) is 80.7 Å². The smallest absolute Gasteiger partial charge is 0.364 e. The zero-order valence-electron chi connectivity index (χ0n) is 17.3. The Balaban J connectivity index is 1.36. The lowest BCUT2D eigenvalue weighted by atomic mass is 9.92. The van der Waals surface area contributed by atoms with Gasteiger partial charge in [-0.3, -0.25) is 9.71 Å². The second-order valence-corrected chi connectivity index (χ2v) is 10.5. The number of fused-ring (bicyclic) bond motifs is 1. The van der Waals surface area contributed by atoms with Gasteiger partial charge >= 0.3 is 6.18 Å². The van der Waals surface area contributed by atoms with Crippen LogP contribution in [-0.2, 0) is 22.6 Å². The zero-order chi connectivity index (χ0) is 23.9. The monoisotopic (exact) mass is 503 g/mol. The minimum absolute atomic E-state index is 0.126. The Hall–Kier alpha value is -3.44. The number of rotatable bonds is 5. The molecule has 2 aromatic heterocycles. The molecule has 174 valence electrons. The maximum absolute atomic E-state index is 13.1. The fourth-order valence-corrected chi connectivity index (χ4v) is 6.00. The zero-order valence-corrected chi connectivity index (χ0v) is 19.0. The van der Waals surface area contributed by atoms with Gasteiger partial charge in [0.2, 0.25) is 0 Å². The molecule has 0 saturated carbocycles. The number of alkyl halides is 3. The molecule has 34 heavy (non-hydrogen) atoms. The lowest BCUT2D eigenvalue weighted by Gasteiger charge is -2.19. The molecule has 2 aromatic carbocycles. The predicted molar refractivity (Wildman–Crippen MR) is 123 cm³/mol. The van der Waals surface area contributed by atoms with Gasteiger partial charge < -0.3 is 4.52 Å². The lowest BCUT2D eigenvalue weighted by molar-refractivity contribution is -0.137. The van der Waals surface area contributed by atoms with Gasteiger partial charge in [0.1, 0.15) is 16.2 Å². The van der Waals surface area contributed by atoms with Crippen LogP contribution in [0.4, 0.5) is 18.9 Å². The van der Waals surface area contributed by atoms with Crippen molar-refractivity contribution in [3.63, 3.8) is 0 Å². The average Bonchev–Trinajstić information content (AvgIpc) is 3.50. The van der Waals surface area contributed by atoms with Crippen LogP contribution >= 0.6 is 11.3 Å². The van der Waals surface area contributed by atoms with Gasteiger partial charge in [0.05, 0.1) is 16.2 Å². The molecule has 4 aromatic rings. The van der Waals surface area contributed by atoms with Gasteiger partial charge in [0.15, 0.2) is 0 Å². The Morgan fingerprint density at radius 2 is 1.79 bits per heavy atom. The average molecular weight is 504 g/mol. The number of thiophene rings is 1. The predicted octanol–water partition coefficient (Wildman–Crippen LogP) is 5.62. The highest BCUT2D eigenvalue weighted by molar-refractivity contribution is 7.94. The van der Waals surface area contributed by atoms with Crippen LogP contribution in [0.1, 0.15) is 22.3 Å². The number of nitrogens with one attached hydrogen (secondary N) is 1. The van der Waals surface area contributed by atoms with E-state index in [0.717, 1.165) is 17.4 Å². The number of hydrogen-bond acceptors (Lipinski definition) is 6. The van der Waals surface area contributed by atoms with Crippen LogP contribution in [0.5, 0.6) is 0 Å². The summed E-state index contributed by atoms with van der Waals surface area (Å²) in [4.78, 5) is 5.16. The maximum atomic E-state index is 13.1. The van der Waals surface area contributed by atoms with Crippen molar-refractivity contribution < 1.29 is 26.1 Å². The summed E-state index contributed by atoms with van der Waals surface area (Å²) in [6, 6.07) is 15.0. The van der Waals surface area contributed by atoms with E-state index >= 15 is 0 Å². The van der Waals surface area contributed by atoms with Gasteiger partial charge in [-0.05, 0) is 48.4 Å². The first-order chi connectivity index (χ1) is 16.2. The Bertz CT molecular complexity index is 1470. The van der Waals surface area contributed by atoms with E-state index in [1.807, 2.05) is 0 Å². The highest BCUT2D eigenvalue weighted by atomic mass is 32.2. The first-order valence-corrected chi connectivity index (χ1v) is 12.4. The van der Waals surface area contributed by atoms with Crippen LogP contribution < -0.4 is 4.72 Å². The van der Waals surface area contributed by atoms with Crippen molar-refractivity contribution in [2.75, 3.05) is 11.3 Å². The number of aliphatic imine (C=N–C) groups is 1. The van der Waals surface area contributed by atoms with E-state index in [-0.39, 0.29) is 4.21 Å². The summed E-state index contributed by atoms with van der Waals surface area (Å²) in [5.74, 6) is 0. The summed E-state index contributed by atoms with van der Waals surface area (Å²) < 4.78 is 72.2. The summed E-state index contributed by atoms with van der Waals surface area (Å²) in [6.07, 6.45) is -2.56. The van der Waals surface area contributed by atoms with E-state index < -0.39 is 21.8 Å². The molecule has 0 amide bonds. The molecule has 1 aliphatic rings. The second kappa shape index (κ2) is 8.41. The Kier molecular flexibility index (Phi) is 5.53. The third-order valence-corrected chi connectivity index (χ3v) is 8.27. The van der Waals surface area contributed by atoms with E-state index in [2.05, 4.69) is 14.9 Å². The molecule has 1 aliphatic heterocycles. The standard InChI is InChI=1S/C23H16F3N3O3S2/c24-23(25,26)16-3-6-18-15(13-16)9-11-27-22(18)14-1-4-17(5-2-14)29-34(30,31)21-8-7-20(33-21)19-10-12-32-28-19/h1-8,10,12-13,29H,9,11H2. The number of nitrogens with zero attached hydrogens (tertiary/aromatic N) is 2. The van der Waals surface area contributed by atoms with Crippen molar-refractivity contribution in [1.29, 1.82) is 0 Å². The third kappa shape index (κ3) is 4.36. The van der Waals surface area contributed by atoms with Gasteiger partial charge in [-0.1, -0.05) is 23.4 Å². The summed E-state index contributed by atoms with van der Waals surface area (Å²) in [7, 11) is -3.82. The molecule has 1 N–H and O–H groups in total. The molecule has 6 nitrogen and oxygen atoms in total. The SMILES string of the molecule is O=S(=O)(Nc1ccc(C2=NCCc3cc(C(F)(F)F)ccc32)cc1)c1ccc(-c2ccon2)s1. The highest BCUT2D eigenvalue weighted by Gasteiger charge is 2.31. The topological polar surface area (TPSA) is 84.6 Å². The second-order valence-electron chi connectivity index (χ2n) is 7.54. The van der Waals surface area contributed by atoms with Crippen molar-refractivity contribution in [1.82, 2.24) is 5.16 Å². The highest BCUT2D eigenvalue weighted by Crippen LogP contribution is 2.33. The van der Waals surface area contributed by atoms with Crippen molar-refractivity contribution >= 4 is 32.8 Å². The molecule has 3 heterocycles. The summed E-state index contributed by atoms with van der Waals surface area (Å²) in [5.41, 5.74) is 2.72. The Morgan fingerprint density at radius 1 is 1.00 bits per heavy atom. The summed E-state index contributed by atoms with van der Waals surface area (Å²) in [6.45, 7) is 0.379. The van der Waals surface area contributed by atoms with Gasteiger partial charge in [0.25, 0.3) is 10.0 Å². The largest absolute Gasteiger partial charge is 0.416 e. The van der Waals surface area contributed by atoms with Gasteiger partial charge in [0, 0.05) is 29.4 Å². The maximum Gasteiger partial charge on any atom is 0.416 e. The van der Waals surface area contributed by atoms with Crippen LogP contribution in [0, 0.1) is 0 Å². The van der Waals surface area contributed by atoms with Crippen LogP contribution in [0.2, 0.25) is 0 Å². The Morgan fingerprint density at radius 3 is 2.50 bits per heavy atom. The number of aromatic nitrogens is 1. The first kappa shape index (κ1) is 22.4. The van der Waals surface area contributed by atoms with Crippen LogP contribution in [-0.4, -0.2) is 25.8 Å². The van der Waals surface area contributed by atoms with E-state index in [0.29, 0.717) is 51.6 Å². The van der Waals surface area contributed by atoms with Crippen molar-refractivity contribution in [2.24, 2.45) is 4.99 Å². The number of benzene rings is 2. The van der Waals surface area contributed by atoms with E-state index in [9.17, 15) is 21.6 Å². The minimum atomic E-state index is -4.40. The van der Waals surface area contributed by atoms with E-state index in [4.69, 9.17) is 4.52 Å². The summed E-state index contributed by atoms with van der Waals surface area (Å²) in [5, 5.41) is 3.81. The minimum Gasteiger partial charge on any atom is -0.364 e. The molecule has 0 saturated heterocycles. The molecule has 0 aliphatic carbocycles. The first-order valence-electron chi connectivity index (χ1n) is 10.1. The normalized spacial score (nSPS) is 13.9. The molecule has 11 heteroatoms. The molecule has 0 radical (unpaired) electrons. The number of sulfonamides is 1. The quantitative estimate of drug-likeness (QED) is 0.383. The molecule has 0 spiro atoms. The number of anilines is 1. The van der Waals surface area contributed by atoms with Crippen molar-refractivity contribution in [3.8, 4) is 10.6 Å². The van der Waals surface area contributed by atoms with Gasteiger partial charge in [-0.2, -0.15) is 13.2 Å². The lowest BCUT2D eigenvalue weighted by Crippen LogP contribution is -2.16. The molecule has 0 bridgehead atoms. The number of hydrogen-bond donors (Lipinski definition) is 1. The van der Waals surface area contributed by atoms with Crippen molar-refractivity contribution in [3.05, 3.63) is 89.2 Å². The number of halogens is 3.